The quantitative estimate of drug-likeness (QED) is 0.845. The van der Waals surface area contributed by atoms with Crippen LogP contribution in [0.5, 0.6) is 0 Å². The summed E-state index contributed by atoms with van der Waals surface area (Å²) in [6.45, 7) is 2.08. The zero-order valence-corrected chi connectivity index (χ0v) is 10.4. The number of hydrogen-bond donors (Lipinski definition) is 2. The van der Waals surface area contributed by atoms with Gasteiger partial charge in [0.15, 0.2) is 5.01 Å². The smallest absolute Gasteiger partial charge is 0.264 e. The summed E-state index contributed by atoms with van der Waals surface area (Å²) in [4.78, 5) is 10.9. The molecule has 2 aromatic heterocycles. The highest BCUT2D eigenvalue weighted by Gasteiger charge is 2.14. The topological polar surface area (TPSA) is 83.6 Å². The van der Waals surface area contributed by atoms with Crippen molar-refractivity contribution in [3.05, 3.63) is 27.5 Å². The van der Waals surface area contributed by atoms with Crippen LogP contribution in [0.2, 0.25) is 0 Å². The number of aromatic nitrogens is 4. The standard InChI is InChI=1S/C10H13N5OS/c1-3-6(11-2)9-14-15-10(17-9)7-4-5-8(16)13-12-7/h4-6,11H,3H2,1-2H3,(H,13,16). The van der Waals surface area contributed by atoms with E-state index in [4.69, 9.17) is 0 Å². The molecule has 6 nitrogen and oxygen atoms in total. The van der Waals surface area contributed by atoms with Gasteiger partial charge in [-0.05, 0) is 19.5 Å². The molecule has 1 atom stereocenters. The number of rotatable bonds is 4. The van der Waals surface area contributed by atoms with Crippen molar-refractivity contribution in [1.29, 1.82) is 0 Å². The van der Waals surface area contributed by atoms with Crippen molar-refractivity contribution in [2.75, 3.05) is 7.05 Å². The maximum absolute atomic E-state index is 10.9. The van der Waals surface area contributed by atoms with E-state index in [2.05, 4.69) is 32.6 Å². The van der Waals surface area contributed by atoms with E-state index in [1.807, 2.05) is 7.05 Å². The molecule has 0 aromatic carbocycles. The summed E-state index contributed by atoms with van der Waals surface area (Å²) in [6.07, 6.45) is 0.949. The first-order chi connectivity index (χ1) is 8.24. The molecular weight excluding hydrogens is 238 g/mol. The largest absolute Gasteiger partial charge is 0.311 e. The lowest BCUT2D eigenvalue weighted by atomic mass is 10.2. The van der Waals surface area contributed by atoms with E-state index in [0.29, 0.717) is 10.7 Å². The molecule has 2 heterocycles. The monoisotopic (exact) mass is 251 g/mol. The predicted molar refractivity (Wildman–Crippen MR) is 65.9 cm³/mol. The molecule has 2 rings (SSSR count). The minimum atomic E-state index is -0.222. The zero-order valence-electron chi connectivity index (χ0n) is 9.60. The molecule has 2 N–H and O–H groups in total. The van der Waals surface area contributed by atoms with Gasteiger partial charge in [0.1, 0.15) is 10.7 Å². The van der Waals surface area contributed by atoms with Crippen LogP contribution in [0, 0.1) is 0 Å². The van der Waals surface area contributed by atoms with Crippen molar-refractivity contribution in [2.24, 2.45) is 0 Å². The van der Waals surface area contributed by atoms with E-state index in [9.17, 15) is 4.79 Å². The average Bonchev–Trinajstić information content (AvgIpc) is 2.81. The van der Waals surface area contributed by atoms with Gasteiger partial charge in [0.2, 0.25) is 0 Å². The van der Waals surface area contributed by atoms with E-state index in [-0.39, 0.29) is 11.6 Å². The van der Waals surface area contributed by atoms with Gasteiger partial charge in [0.25, 0.3) is 5.56 Å². The second-order valence-electron chi connectivity index (χ2n) is 3.50. The summed E-state index contributed by atoms with van der Waals surface area (Å²) in [5.74, 6) is 0. The second kappa shape index (κ2) is 5.15. The highest BCUT2D eigenvalue weighted by molar-refractivity contribution is 7.14. The molecule has 1 unspecified atom stereocenters. The maximum atomic E-state index is 10.9. The number of hydrogen-bond acceptors (Lipinski definition) is 6. The number of aromatic amines is 1. The molecule has 0 amide bonds. The fourth-order valence-corrected chi connectivity index (χ4v) is 2.45. The van der Waals surface area contributed by atoms with Crippen LogP contribution in [0.3, 0.4) is 0 Å². The molecule has 0 radical (unpaired) electrons. The Hall–Kier alpha value is -1.60. The van der Waals surface area contributed by atoms with E-state index in [1.54, 1.807) is 6.07 Å². The number of H-pyrrole nitrogens is 1. The molecule has 0 aliphatic rings. The van der Waals surface area contributed by atoms with Gasteiger partial charge in [-0.15, -0.1) is 10.2 Å². The summed E-state index contributed by atoms with van der Waals surface area (Å²) in [5.41, 5.74) is 0.416. The molecule has 2 aromatic rings. The molecule has 0 saturated carbocycles. The summed E-state index contributed by atoms with van der Waals surface area (Å²) < 4.78 is 0. The van der Waals surface area contributed by atoms with Gasteiger partial charge < -0.3 is 5.32 Å². The van der Waals surface area contributed by atoms with Gasteiger partial charge in [-0.25, -0.2) is 5.10 Å². The van der Waals surface area contributed by atoms with E-state index < -0.39 is 0 Å². The lowest BCUT2D eigenvalue weighted by molar-refractivity contribution is 0.568. The van der Waals surface area contributed by atoms with Gasteiger partial charge in [-0.1, -0.05) is 18.3 Å². The Balaban J connectivity index is 2.29. The van der Waals surface area contributed by atoms with Gasteiger partial charge >= 0.3 is 0 Å². The van der Waals surface area contributed by atoms with E-state index in [0.717, 1.165) is 11.4 Å². The fourth-order valence-electron chi connectivity index (χ4n) is 1.44. The Labute approximate surface area is 102 Å². The first-order valence-electron chi connectivity index (χ1n) is 5.31. The molecule has 0 aliphatic carbocycles. The molecule has 0 bridgehead atoms. The van der Waals surface area contributed by atoms with Crippen LogP contribution >= 0.6 is 11.3 Å². The first-order valence-corrected chi connectivity index (χ1v) is 6.13. The molecule has 90 valence electrons. The van der Waals surface area contributed by atoms with Crippen molar-refractivity contribution in [2.45, 2.75) is 19.4 Å². The molecule has 0 aliphatic heterocycles. The Morgan fingerprint density at radius 3 is 2.88 bits per heavy atom. The van der Waals surface area contributed by atoms with E-state index in [1.165, 1.54) is 17.4 Å². The van der Waals surface area contributed by atoms with Gasteiger partial charge in [0, 0.05) is 6.07 Å². The van der Waals surface area contributed by atoms with Crippen LogP contribution in [0.25, 0.3) is 10.7 Å². The number of nitrogens with one attached hydrogen (secondary N) is 2. The normalized spacial score (nSPS) is 12.6. The Morgan fingerprint density at radius 2 is 2.29 bits per heavy atom. The molecule has 17 heavy (non-hydrogen) atoms. The number of nitrogens with zero attached hydrogens (tertiary/aromatic N) is 3. The maximum Gasteiger partial charge on any atom is 0.264 e. The minimum Gasteiger partial charge on any atom is -0.311 e. The zero-order chi connectivity index (χ0) is 12.3. The van der Waals surface area contributed by atoms with Crippen molar-refractivity contribution >= 4 is 11.3 Å². The van der Waals surface area contributed by atoms with Crippen molar-refractivity contribution < 1.29 is 0 Å². The van der Waals surface area contributed by atoms with Gasteiger partial charge in [-0.2, -0.15) is 5.10 Å². The van der Waals surface area contributed by atoms with Gasteiger partial charge in [0.05, 0.1) is 6.04 Å². The summed E-state index contributed by atoms with van der Waals surface area (Å²) >= 11 is 1.48. The molecule has 0 spiro atoms. The third-order valence-electron chi connectivity index (χ3n) is 2.39. The van der Waals surface area contributed by atoms with Crippen molar-refractivity contribution in [3.63, 3.8) is 0 Å². The first kappa shape index (κ1) is 11.9. The van der Waals surface area contributed by atoms with Crippen LogP contribution in [0.4, 0.5) is 0 Å². The third kappa shape index (κ3) is 2.56. The lowest BCUT2D eigenvalue weighted by Crippen LogP contribution is -2.14. The predicted octanol–water partition coefficient (Wildman–Crippen LogP) is 0.959. The summed E-state index contributed by atoms with van der Waals surface area (Å²) in [7, 11) is 1.90. The Bertz CT molecular complexity index is 525. The van der Waals surface area contributed by atoms with Crippen LogP contribution in [0.1, 0.15) is 24.4 Å². The summed E-state index contributed by atoms with van der Waals surface area (Å²) in [6, 6.07) is 3.28. The fraction of sp³-hybridized carbons (Fsp3) is 0.400. The van der Waals surface area contributed by atoms with Crippen LogP contribution in [-0.4, -0.2) is 27.4 Å². The Morgan fingerprint density at radius 1 is 1.47 bits per heavy atom. The van der Waals surface area contributed by atoms with E-state index >= 15 is 0 Å². The average molecular weight is 251 g/mol. The SMILES string of the molecule is CCC(NC)c1nnc(-c2ccc(=O)[nH]n2)s1. The van der Waals surface area contributed by atoms with Gasteiger partial charge in [-0.3, -0.25) is 4.79 Å². The highest BCUT2D eigenvalue weighted by Crippen LogP contribution is 2.25. The highest BCUT2D eigenvalue weighted by atomic mass is 32.1. The van der Waals surface area contributed by atoms with Crippen LogP contribution < -0.4 is 10.9 Å². The Kier molecular flexibility index (Phi) is 3.60. The van der Waals surface area contributed by atoms with Crippen molar-refractivity contribution in [3.8, 4) is 10.7 Å². The molecule has 7 heteroatoms. The lowest BCUT2D eigenvalue weighted by Gasteiger charge is -2.07. The molecule has 0 saturated heterocycles. The third-order valence-corrected chi connectivity index (χ3v) is 3.45. The minimum absolute atomic E-state index is 0.212. The molecule has 0 fully saturated rings. The summed E-state index contributed by atoms with van der Waals surface area (Å²) in [5, 5.41) is 19.3. The van der Waals surface area contributed by atoms with Crippen molar-refractivity contribution in [1.82, 2.24) is 25.7 Å². The van der Waals surface area contributed by atoms with Crippen LogP contribution in [0.15, 0.2) is 16.9 Å². The van der Waals surface area contributed by atoms with Crippen LogP contribution in [-0.2, 0) is 0 Å². The second-order valence-corrected chi connectivity index (χ2v) is 4.51. The molecular formula is C10H13N5OS.